The lowest BCUT2D eigenvalue weighted by atomic mass is 10.8. The summed E-state index contributed by atoms with van der Waals surface area (Å²) in [5, 5.41) is 21.2. The largest absolute Gasteiger partial charge is 0.464 e. The molecule has 0 aromatic rings. The Morgan fingerprint density at radius 1 is 0.439 bits per heavy atom. The normalized spacial score (nSPS) is 11.2. The second-order valence-electron chi connectivity index (χ2n) is 6.55. The lowest BCUT2D eigenvalue weighted by Crippen LogP contribution is -2.10. The van der Waals surface area contributed by atoms with Gasteiger partial charge in [0.2, 0.25) is 0 Å². The number of hydrogen-bond donors (Lipinski definition) is 2. The first-order chi connectivity index (χ1) is 20.2. The van der Waals surface area contributed by atoms with Crippen molar-refractivity contribution in [1.82, 2.24) is 0 Å². The van der Waals surface area contributed by atoms with Gasteiger partial charge < -0.3 is 19.7 Å². The van der Waals surface area contributed by atoms with Crippen LogP contribution in [0.5, 0.6) is 0 Å². The second kappa shape index (κ2) is 38.4. The summed E-state index contributed by atoms with van der Waals surface area (Å²) < 4.78 is 10.3. The van der Waals surface area contributed by atoms with Gasteiger partial charge in [0.1, 0.15) is 18.5 Å². The Hall–Kier alpha value is 2.20. The molecule has 0 aliphatic carbocycles. The summed E-state index contributed by atoms with van der Waals surface area (Å²) in [7, 11) is 0. The van der Waals surface area contributed by atoms with Crippen LogP contribution in [0.25, 0.3) is 0 Å². The monoisotopic (exact) mass is 772 g/mol. The van der Waals surface area contributed by atoms with E-state index in [0.29, 0.717) is 54.9 Å². The van der Waals surface area contributed by atoms with Gasteiger partial charge in [0.15, 0.2) is 0 Å². The number of esters is 2. The van der Waals surface area contributed by atoms with Crippen LogP contribution in [0, 0.1) is 0 Å². The van der Waals surface area contributed by atoms with E-state index in [1.54, 1.807) is 58.8 Å². The number of aliphatic hydroxyl groups excluding tert-OH is 2. The van der Waals surface area contributed by atoms with Gasteiger partial charge in [-0.1, -0.05) is 0 Å². The van der Waals surface area contributed by atoms with Gasteiger partial charge in [0, 0.05) is 48.4 Å². The van der Waals surface area contributed by atoms with Gasteiger partial charge in [-0.2, -0.15) is 0 Å². The van der Waals surface area contributed by atoms with Crippen LogP contribution in [0.3, 0.4) is 0 Å². The molecule has 41 heavy (non-hydrogen) atoms. The van der Waals surface area contributed by atoms with Gasteiger partial charge in [-0.25, -0.2) is 19.6 Å². The Balaban J connectivity index is 3.19. The second-order valence-corrected chi connectivity index (χ2v) is 18.5. The summed E-state index contributed by atoms with van der Waals surface area (Å²) in [6.45, 7) is 1.91. The molecule has 0 atom stereocenters. The Morgan fingerprint density at radius 2 is 0.854 bits per heavy atom. The van der Waals surface area contributed by atoms with Gasteiger partial charge in [0.25, 0.3) is 0 Å². The molecule has 0 amide bonds. The van der Waals surface area contributed by atoms with Crippen molar-refractivity contribution in [3.63, 3.8) is 0 Å². The maximum atomic E-state index is 11.8. The van der Waals surface area contributed by atoms with E-state index in [-0.39, 0.29) is 23.8 Å². The van der Waals surface area contributed by atoms with Gasteiger partial charge in [-0.3, -0.25) is 9.59 Å². The van der Waals surface area contributed by atoms with E-state index in [4.69, 9.17) is 39.2 Å². The highest BCUT2D eigenvalue weighted by atomic mass is 32.2. The third-order valence-electron chi connectivity index (χ3n) is 3.48. The molecule has 0 spiro atoms. The Labute approximate surface area is 286 Å². The molecule has 0 aromatic heterocycles. The Morgan fingerprint density at radius 3 is 1.39 bits per heavy atom. The first-order valence-electron chi connectivity index (χ1n) is 12.0. The number of hydrogen-bond acceptors (Lipinski definition) is 20. The van der Waals surface area contributed by atoms with E-state index >= 15 is 0 Å². The molecule has 0 heterocycles. The van der Waals surface area contributed by atoms with Crippen LogP contribution in [0.1, 0.15) is 0 Å². The van der Waals surface area contributed by atoms with E-state index in [1.165, 1.54) is 58.8 Å². The number of carbonyl (C=O) groups is 2. The zero-order valence-corrected chi connectivity index (χ0v) is 30.8. The summed E-state index contributed by atoms with van der Waals surface area (Å²) in [6.07, 6.45) is 0. The van der Waals surface area contributed by atoms with Crippen LogP contribution in [-0.2, 0) is 38.6 Å². The van der Waals surface area contributed by atoms with Crippen molar-refractivity contribution >= 4 is 130 Å². The molecule has 0 aliphatic rings. The SMILES string of the molecule is O=C(CSCSCCOOCSCSCO)OCCSCSCCOOCCSCSCC(=O)OCSCSCO. The lowest BCUT2D eigenvalue weighted by molar-refractivity contribution is -0.285. The van der Waals surface area contributed by atoms with Gasteiger partial charge in [0.05, 0.1) is 43.2 Å². The van der Waals surface area contributed by atoms with E-state index in [2.05, 4.69) is 0 Å². The number of aliphatic hydroxyl groups is 2. The molecule has 2 N–H and O–H groups in total. The molecule has 0 saturated carbocycles. The van der Waals surface area contributed by atoms with Crippen molar-refractivity contribution < 1.29 is 48.8 Å². The molecular weight excluding hydrogens is 733 g/mol. The zero-order chi connectivity index (χ0) is 29.9. The predicted molar refractivity (Wildman–Crippen MR) is 189 cm³/mol. The van der Waals surface area contributed by atoms with Gasteiger partial charge in [-0.15, -0.1) is 118 Å². The fourth-order valence-corrected chi connectivity index (χ4v) is 9.51. The van der Waals surface area contributed by atoms with E-state index in [1.807, 2.05) is 0 Å². The van der Waals surface area contributed by atoms with Gasteiger partial charge >= 0.3 is 11.9 Å². The molecule has 20 heteroatoms. The van der Waals surface area contributed by atoms with Crippen molar-refractivity contribution in [1.29, 1.82) is 0 Å². The quantitative estimate of drug-likeness (QED) is 0.0302. The molecule has 0 unspecified atom stereocenters. The summed E-state index contributed by atoms with van der Waals surface area (Å²) in [4.78, 5) is 43.7. The minimum Gasteiger partial charge on any atom is -0.464 e. The molecule has 0 bridgehead atoms. The van der Waals surface area contributed by atoms with Crippen LogP contribution in [-0.4, -0.2) is 132 Å². The molecule has 0 fully saturated rings. The van der Waals surface area contributed by atoms with Gasteiger partial charge in [-0.05, 0) is 0 Å². The molecule has 0 rings (SSSR count). The van der Waals surface area contributed by atoms with E-state index in [9.17, 15) is 9.59 Å². The molecule has 0 radical (unpaired) electrons. The highest BCUT2D eigenvalue weighted by Gasteiger charge is 2.04. The first-order valence-corrected chi connectivity index (χ1v) is 23.5. The number of rotatable bonds is 34. The smallest absolute Gasteiger partial charge is 0.316 e. The number of thioether (sulfide) groups is 10. The number of ether oxygens (including phenoxy) is 2. The van der Waals surface area contributed by atoms with Crippen molar-refractivity contribution in [3.8, 4) is 0 Å². The highest BCUT2D eigenvalue weighted by molar-refractivity contribution is 8.17. The standard InChI is InChI=1S/C21H40O10S10/c22-11-38-18-40-13-27-21(25)10-37-17-34-7-3-29-28-2-6-33-15-32-5-1-26-20(24)9-36-16-35-8-4-30-31-14-41-19-39-12-23/h22-23H,1-19H2. The highest BCUT2D eigenvalue weighted by Crippen LogP contribution is 2.16. The average Bonchev–Trinajstić information content (AvgIpc) is 2.97. The molecule has 244 valence electrons. The molecule has 10 nitrogen and oxygen atoms in total. The topological polar surface area (TPSA) is 130 Å². The van der Waals surface area contributed by atoms with Crippen LogP contribution in [0.4, 0.5) is 0 Å². The summed E-state index contributed by atoms with van der Waals surface area (Å²) >= 11 is 15.7. The summed E-state index contributed by atoms with van der Waals surface area (Å²) in [5.74, 6) is 4.37. The summed E-state index contributed by atoms with van der Waals surface area (Å²) in [6, 6.07) is 0. The van der Waals surface area contributed by atoms with E-state index < -0.39 is 0 Å². The fraction of sp³-hybridized carbons (Fsp3) is 0.905. The fourth-order valence-electron chi connectivity index (χ4n) is 1.85. The third-order valence-corrected chi connectivity index (χ3v) is 13.8. The van der Waals surface area contributed by atoms with Crippen LogP contribution in [0.2, 0.25) is 0 Å². The van der Waals surface area contributed by atoms with Crippen molar-refractivity contribution in [2.24, 2.45) is 0 Å². The zero-order valence-electron chi connectivity index (χ0n) is 22.7. The minimum absolute atomic E-state index is 0.0766. The average molecular weight is 773 g/mol. The van der Waals surface area contributed by atoms with Crippen LogP contribution >= 0.6 is 118 Å². The molecular formula is C21H40O10S10. The maximum Gasteiger partial charge on any atom is 0.316 e. The van der Waals surface area contributed by atoms with Crippen LogP contribution in [0.15, 0.2) is 0 Å². The van der Waals surface area contributed by atoms with Crippen LogP contribution < -0.4 is 0 Å². The summed E-state index contributed by atoms with van der Waals surface area (Å²) in [5.41, 5.74) is 0. The van der Waals surface area contributed by atoms with Crippen molar-refractivity contribution in [3.05, 3.63) is 0 Å². The Bertz CT molecular complexity index is 575. The predicted octanol–water partition coefficient (Wildman–Crippen LogP) is 4.90. The van der Waals surface area contributed by atoms with Crippen molar-refractivity contribution in [2.75, 3.05) is 110 Å². The lowest BCUT2D eigenvalue weighted by Gasteiger charge is -2.06. The molecule has 0 saturated heterocycles. The minimum atomic E-state index is -0.222. The van der Waals surface area contributed by atoms with Crippen molar-refractivity contribution in [2.45, 2.75) is 0 Å². The number of carbonyl (C=O) groups excluding carboxylic acids is 2. The molecule has 0 aliphatic heterocycles. The Kier molecular flexibility index (Phi) is 40.4. The maximum absolute atomic E-state index is 11.8. The molecule has 0 aromatic carbocycles. The third kappa shape index (κ3) is 38.3. The van der Waals surface area contributed by atoms with E-state index in [0.717, 1.165) is 43.4 Å². The first kappa shape index (κ1) is 43.2.